The van der Waals surface area contributed by atoms with Crippen LogP contribution in [0.5, 0.6) is 0 Å². The van der Waals surface area contributed by atoms with Crippen molar-refractivity contribution in [1.29, 1.82) is 0 Å². The number of benzene rings is 3. The van der Waals surface area contributed by atoms with E-state index in [-0.39, 0.29) is 0 Å². The number of urea groups is 2. The molecule has 0 aliphatic carbocycles. The van der Waals surface area contributed by atoms with Gasteiger partial charge in [0.05, 0.1) is 5.69 Å². The van der Waals surface area contributed by atoms with Crippen LogP contribution in [0.25, 0.3) is 0 Å². The molecule has 0 spiro atoms. The van der Waals surface area contributed by atoms with Gasteiger partial charge in [-0.05, 0) is 60.5 Å². The van der Waals surface area contributed by atoms with E-state index in [2.05, 4.69) is 28.2 Å². The van der Waals surface area contributed by atoms with Crippen LogP contribution >= 0.6 is 24.8 Å². The van der Waals surface area contributed by atoms with Gasteiger partial charge < -0.3 is 0 Å². The van der Waals surface area contributed by atoms with Crippen LogP contribution in [0, 0.1) is 0 Å². The Morgan fingerprint density at radius 1 is 0.688 bits per heavy atom. The summed E-state index contributed by atoms with van der Waals surface area (Å²) < 4.78 is 3.50. The fraction of sp³-hybridized carbons (Fsp3) is 0. The van der Waals surface area contributed by atoms with Crippen molar-refractivity contribution in [2.45, 2.75) is 4.90 Å². The average molecular weight is 467 g/mol. The lowest BCUT2D eigenvalue weighted by Gasteiger charge is -2.16. The molecular formula is C22H18N4O4S2. The highest BCUT2D eigenvalue weighted by Crippen LogP contribution is 2.22. The van der Waals surface area contributed by atoms with E-state index >= 15 is 0 Å². The molecule has 6 amide bonds. The molecule has 3 aromatic rings. The summed E-state index contributed by atoms with van der Waals surface area (Å²) in [5.41, 5.74) is 1.14. The molecule has 32 heavy (non-hydrogen) atoms. The Bertz CT molecular complexity index is 1110. The lowest BCUT2D eigenvalue weighted by molar-refractivity contribution is 0.0956. The molecule has 162 valence electrons. The van der Waals surface area contributed by atoms with Crippen LogP contribution in [0.3, 0.4) is 0 Å². The van der Waals surface area contributed by atoms with Gasteiger partial charge in [0.25, 0.3) is 11.8 Å². The Morgan fingerprint density at radius 2 is 1.19 bits per heavy atom. The molecule has 0 atom stereocenters. The van der Waals surface area contributed by atoms with E-state index in [0.29, 0.717) is 21.7 Å². The summed E-state index contributed by atoms with van der Waals surface area (Å²) in [5, 5.41) is 4.48. The lowest BCUT2D eigenvalue weighted by Crippen LogP contribution is -2.38. The topological polar surface area (TPSA) is 108 Å². The molecule has 0 fully saturated rings. The summed E-state index contributed by atoms with van der Waals surface area (Å²) in [6.45, 7) is 0. The van der Waals surface area contributed by atoms with Gasteiger partial charge >= 0.3 is 12.1 Å². The SMILES string of the molecule is O=C(NSc1ccc(N(S)C(=O)NC(=O)c2ccccc2)cc1)NC(=O)c1ccccc1. The number of anilines is 1. The predicted molar refractivity (Wildman–Crippen MR) is 126 cm³/mol. The van der Waals surface area contributed by atoms with Gasteiger partial charge in [0, 0.05) is 16.0 Å². The quantitative estimate of drug-likeness (QED) is 0.335. The van der Waals surface area contributed by atoms with E-state index in [1.54, 1.807) is 84.9 Å². The van der Waals surface area contributed by atoms with Crippen molar-refractivity contribution >= 4 is 54.3 Å². The molecule has 0 aromatic heterocycles. The van der Waals surface area contributed by atoms with Crippen molar-refractivity contribution in [2.75, 3.05) is 4.31 Å². The van der Waals surface area contributed by atoms with E-state index < -0.39 is 23.9 Å². The second kappa shape index (κ2) is 11.0. The zero-order valence-electron chi connectivity index (χ0n) is 16.5. The molecule has 0 aliphatic heterocycles. The van der Waals surface area contributed by atoms with E-state index in [9.17, 15) is 19.2 Å². The summed E-state index contributed by atoms with van der Waals surface area (Å²) in [6.07, 6.45) is 0. The third-order valence-electron chi connectivity index (χ3n) is 4.05. The van der Waals surface area contributed by atoms with Gasteiger partial charge in [-0.2, -0.15) is 0 Å². The molecule has 3 aromatic carbocycles. The largest absolute Gasteiger partial charge is 0.338 e. The van der Waals surface area contributed by atoms with E-state index in [4.69, 9.17) is 0 Å². The first-order valence-corrected chi connectivity index (χ1v) is 10.5. The third kappa shape index (κ3) is 6.37. The maximum absolute atomic E-state index is 12.3. The average Bonchev–Trinajstić information content (AvgIpc) is 2.83. The van der Waals surface area contributed by atoms with E-state index in [1.807, 2.05) is 0 Å². The van der Waals surface area contributed by atoms with Crippen LogP contribution in [-0.4, -0.2) is 23.9 Å². The number of carbonyl (C=O) groups is 4. The summed E-state index contributed by atoms with van der Waals surface area (Å²) in [4.78, 5) is 48.9. The van der Waals surface area contributed by atoms with Gasteiger partial charge in [0.1, 0.15) is 0 Å². The van der Waals surface area contributed by atoms with Crippen LogP contribution < -0.4 is 19.7 Å². The first kappa shape index (κ1) is 22.9. The van der Waals surface area contributed by atoms with Crippen LogP contribution in [0.4, 0.5) is 15.3 Å². The maximum atomic E-state index is 12.3. The Hall–Kier alpha value is -3.76. The molecule has 0 aliphatic rings. The number of imide groups is 2. The normalized spacial score (nSPS) is 10.0. The van der Waals surface area contributed by atoms with Crippen molar-refractivity contribution in [1.82, 2.24) is 15.4 Å². The number of amides is 6. The van der Waals surface area contributed by atoms with Gasteiger partial charge in [-0.1, -0.05) is 49.2 Å². The number of rotatable bonds is 5. The van der Waals surface area contributed by atoms with Gasteiger partial charge in [0.15, 0.2) is 0 Å². The van der Waals surface area contributed by atoms with E-state index in [1.165, 1.54) is 0 Å². The zero-order valence-corrected chi connectivity index (χ0v) is 18.2. The maximum Gasteiger partial charge on any atom is 0.338 e. The van der Waals surface area contributed by atoms with E-state index in [0.717, 1.165) is 16.3 Å². The number of nitrogens with one attached hydrogen (secondary N) is 3. The van der Waals surface area contributed by atoms with Gasteiger partial charge in [-0.15, -0.1) is 0 Å². The van der Waals surface area contributed by atoms with Gasteiger partial charge in [-0.25, -0.2) is 13.9 Å². The molecule has 0 heterocycles. The third-order valence-corrected chi connectivity index (χ3v) is 5.26. The van der Waals surface area contributed by atoms with Crippen molar-refractivity contribution in [3.8, 4) is 0 Å². The first-order valence-electron chi connectivity index (χ1n) is 9.26. The molecule has 3 rings (SSSR count). The van der Waals surface area contributed by atoms with Gasteiger partial charge in [-0.3, -0.25) is 24.9 Å². The van der Waals surface area contributed by atoms with Crippen LogP contribution in [0.1, 0.15) is 20.7 Å². The number of thiol groups is 1. The molecule has 0 unspecified atom stereocenters. The number of nitrogens with zero attached hydrogens (tertiary/aromatic N) is 1. The van der Waals surface area contributed by atoms with Crippen molar-refractivity contribution in [3.05, 3.63) is 96.1 Å². The summed E-state index contributed by atoms with van der Waals surface area (Å²) >= 11 is 5.13. The highest BCUT2D eigenvalue weighted by molar-refractivity contribution is 7.98. The number of hydrogen-bond acceptors (Lipinski definition) is 6. The summed E-state index contributed by atoms with van der Waals surface area (Å²) in [5.74, 6) is -1.05. The van der Waals surface area contributed by atoms with Crippen molar-refractivity contribution in [2.24, 2.45) is 0 Å². The minimum Gasteiger partial charge on any atom is -0.277 e. The van der Waals surface area contributed by atoms with Crippen molar-refractivity contribution in [3.63, 3.8) is 0 Å². The Labute approximate surface area is 194 Å². The smallest absolute Gasteiger partial charge is 0.277 e. The first-order chi connectivity index (χ1) is 15.4. The molecule has 0 radical (unpaired) electrons. The minimum absolute atomic E-state index is 0.351. The fourth-order valence-corrected chi connectivity index (χ4v) is 3.20. The second-order valence-corrected chi connectivity index (χ2v) is 7.56. The van der Waals surface area contributed by atoms with Gasteiger partial charge in [0.2, 0.25) is 0 Å². The summed E-state index contributed by atoms with van der Waals surface area (Å²) in [6, 6.07) is 21.8. The van der Waals surface area contributed by atoms with Crippen LogP contribution in [0.15, 0.2) is 89.8 Å². The molecule has 3 N–H and O–H groups in total. The Balaban J connectivity index is 1.49. The molecule has 0 bridgehead atoms. The monoisotopic (exact) mass is 466 g/mol. The standard InChI is InChI=1S/C22H18N4O4S2/c27-19(15-7-3-1-4-8-15)23-21(29)25-32-18-13-11-17(12-14-18)26(31)22(30)24-20(28)16-9-5-2-6-10-16/h1-14,31H,(H,24,28,30)(H2,23,25,27,29). The van der Waals surface area contributed by atoms with Crippen LogP contribution in [-0.2, 0) is 0 Å². The molecule has 8 nitrogen and oxygen atoms in total. The summed E-state index contributed by atoms with van der Waals surface area (Å²) in [7, 11) is 0. The predicted octanol–water partition coefficient (Wildman–Crippen LogP) is 4.03. The Kier molecular flexibility index (Phi) is 7.90. The molecule has 0 saturated carbocycles. The minimum atomic E-state index is -0.709. The second-order valence-electron chi connectivity index (χ2n) is 6.28. The Morgan fingerprint density at radius 3 is 1.72 bits per heavy atom. The molecular weight excluding hydrogens is 448 g/mol. The molecule has 10 heteroatoms. The fourth-order valence-electron chi connectivity index (χ4n) is 2.48. The highest BCUT2D eigenvalue weighted by atomic mass is 32.2. The highest BCUT2D eigenvalue weighted by Gasteiger charge is 2.16. The number of carbonyl (C=O) groups excluding carboxylic acids is 4. The number of hydrogen-bond donors (Lipinski definition) is 4. The molecule has 0 saturated heterocycles. The van der Waals surface area contributed by atoms with Crippen LogP contribution in [0.2, 0.25) is 0 Å². The zero-order chi connectivity index (χ0) is 22.9. The lowest BCUT2D eigenvalue weighted by atomic mass is 10.2. The van der Waals surface area contributed by atoms with Crippen molar-refractivity contribution < 1.29 is 19.2 Å².